The number of benzene rings is 1. The van der Waals surface area contributed by atoms with E-state index in [0.717, 1.165) is 24.2 Å². The number of piperidine rings is 1. The summed E-state index contributed by atoms with van der Waals surface area (Å²) in [5.74, 6) is 0.225. The molecule has 1 N–H and O–H groups in total. The molecule has 6 heteroatoms. The first-order valence-corrected chi connectivity index (χ1v) is 8.63. The number of aryl methyl sites for hydroxylation is 1. The molecule has 24 heavy (non-hydrogen) atoms. The topological polar surface area (TPSA) is 58.4 Å². The number of aromatic nitrogens is 2. The molecule has 5 nitrogen and oxygen atoms in total. The molecule has 0 aliphatic carbocycles. The highest BCUT2D eigenvalue weighted by molar-refractivity contribution is 6.30. The quantitative estimate of drug-likeness (QED) is 0.928. The summed E-state index contributed by atoms with van der Waals surface area (Å²) in [7, 11) is 0. The molecule has 1 aliphatic heterocycles. The number of carbonyl (C=O) groups is 1. The van der Waals surface area contributed by atoms with Crippen LogP contribution >= 0.6 is 11.6 Å². The first-order valence-electron chi connectivity index (χ1n) is 8.25. The highest BCUT2D eigenvalue weighted by Gasteiger charge is 2.27. The summed E-state index contributed by atoms with van der Waals surface area (Å²) in [5, 5.41) is 14.8. The van der Waals surface area contributed by atoms with Gasteiger partial charge in [0.2, 0.25) is 0 Å². The number of rotatable bonds is 3. The Balaban J connectivity index is 1.76. The maximum absolute atomic E-state index is 12.7. The van der Waals surface area contributed by atoms with Crippen LogP contribution < -0.4 is 0 Å². The number of aliphatic hydroxyl groups excluding tert-OH is 1. The Morgan fingerprint density at radius 3 is 2.67 bits per heavy atom. The molecule has 1 fully saturated rings. The fourth-order valence-electron chi connectivity index (χ4n) is 3.20. The lowest BCUT2D eigenvalue weighted by Crippen LogP contribution is -2.40. The van der Waals surface area contributed by atoms with Gasteiger partial charge in [0.1, 0.15) is 0 Å². The van der Waals surface area contributed by atoms with Crippen molar-refractivity contribution in [2.24, 2.45) is 5.92 Å². The molecule has 1 unspecified atom stereocenters. The Bertz CT molecular complexity index is 734. The predicted octanol–water partition coefficient (Wildman–Crippen LogP) is 3.07. The van der Waals surface area contributed by atoms with Crippen LogP contribution in [-0.4, -0.2) is 44.9 Å². The summed E-state index contributed by atoms with van der Waals surface area (Å²) in [6, 6.07) is 9.21. The fraction of sp³-hybridized carbons (Fsp3) is 0.444. The van der Waals surface area contributed by atoms with Crippen LogP contribution in [-0.2, 0) is 0 Å². The Morgan fingerprint density at radius 2 is 2.04 bits per heavy atom. The second-order valence-corrected chi connectivity index (χ2v) is 6.87. The van der Waals surface area contributed by atoms with E-state index in [1.807, 2.05) is 49.1 Å². The van der Waals surface area contributed by atoms with E-state index in [2.05, 4.69) is 5.10 Å². The van der Waals surface area contributed by atoms with Gasteiger partial charge in [0.25, 0.3) is 5.91 Å². The van der Waals surface area contributed by atoms with Crippen LogP contribution in [0.3, 0.4) is 0 Å². The standard InChI is InChI=1S/C18H22ClN3O2/c1-12-10-17(20-22(12)16-5-3-4-15(19)11-16)18(24)21-8-6-14(7-9-21)13(2)23/h3-5,10-11,13-14,23H,6-9H2,1-2H3. The minimum Gasteiger partial charge on any atom is -0.393 e. The predicted molar refractivity (Wildman–Crippen MR) is 93.6 cm³/mol. The number of carbonyl (C=O) groups excluding carboxylic acids is 1. The molecule has 1 aromatic carbocycles. The molecule has 2 heterocycles. The zero-order valence-electron chi connectivity index (χ0n) is 13.9. The molecule has 2 aromatic rings. The van der Waals surface area contributed by atoms with Gasteiger partial charge in [-0.3, -0.25) is 4.79 Å². The zero-order valence-corrected chi connectivity index (χ0v) is 14.7. The van der Waals surface area contributed by atoms with Gasteiger partial charge >= 0.3 is 0 Å². The van der Waals surface area contributed by atoms with Crippen LogP contribution in [0.15, 0.2) is 30.3 Å². The van der Waals surface area contributed by atoms with E-state index < -0.39 is 0 Å². The third kappa shape index (κ3) is 3.47. The summed E-state index contributed by atoms with van der Waals surface area (Å²) in [6.07, 6.45) is 1.35. The number of hydrogen-bond donors (Lipinski definition) is 1. The normalized spacial score (nSPS) is 17.1. The van der Waals surface area contributed by atoms with Gasteiger partial charge in [-0.1, -0.05) is 17.7 Å². The molecular weight excluding hydrogens is 326 g/mol. The lowest BCUT2D eigenvalue weighted by molar-refractivity contribution is 0.0516. The SMILES string of the molecule is Cc1cc(C(=O)N2CCC(C(C)O)CC2)nn1-c1cccc(Cl)c1. The molecule has 0 radical (unpaired) electrons. The summed E-state index contributed by atoms with van der Waals surface area (Å²) >= 11 is 6.04. The van der Waals surface area contributed by atoms with Gasteiger partial charge in [-0.05, 0) is 56.9 Å². The molecule has 0 saturated carbocycles. The average Bonchev–Trinajstić information content (AvgIpc) is 2.96. The molecule has 3 rings (SSSR count). The second kappa shape index (κ2) is 6.95. The first kappa shape index (κ1) is 17.0. The van der Waals surface area contributed by atoms with Gasteiger partial charge in [-0.25, -0.2) is 4.68 Å². The van der Waals surface area contributed by atoms with Crippen molar-refractivity contribution in [2.45, 2.75) is 32.8 Å². The van der Waals surface area contributed by atoms with E-state index in [1.165, 1.54) is 0 Å². The van der Waals surface area contributed by atoms with E-state index >= 15 is 0 Å². The van der Waals surface area contributed by atoms with Crippen molar-refractivity contribution in [3.8, 4) is 5.69 Å². The van der Waals surface area contributed by atoms with Crippen LogP contribution in [0.25, 0.3) is 5.69 Å². The highest BCUT2D eigenvalue weighted by atomic mass is 35.5. The molecule has 1 amide bonds. The van der Waals surface area contributed by atoms with Gasteiger partial charge in [-0.15, -0.1) is 0 Å². The lowest BCUT2D eigenvalue weighted by Gasteiger charge is -2.32. The van der Waals surface area contributed by atoms with Gasteiger partial charge in [0, 0.05) is 23.8 Å². The van der Waals surface area contributed by atoms with E-state index in [0.29, 0.717) is 23.8 Å². The smallest absolute Gasteiger partial charge is 0.274 e. The fourth-order valence-corrected chi connectivity index (χ4v) is 3.38. The minimum atomic E-state index is -0.313. The van der Waals surface area contributed by atoms with E-state index in [9.17, 15) is 9.90 Å². The van der Waals surface area contributed by atoms with Gasteiger partial charge in [0.05, 0.1) is 11.8 Å². The van der Waals surface area contributed by atoms with Gasteiger partial charge in [0.15, 0.2) is 5.69 Å². The summed E-state index contributed by atoms with van der Waals surface area (Å²) in [4.78, 5) is 14.5. The maximum Gasteiger partial charge on any atom is 0.274 e. The third-order valence-corrected chi connectivity index (χ3v) is 4.90. The van der Waals surface area contributed by atoms with E-state index in [4.69, 9.17) is 11.6 Å². The molecule has 0 bridgehead atoms. The number of hydrogen-bond acceptors (Lipinski definition) is 3. The van der Waals surface area contributed by atoms with Gasteiger partial charge in [-0.2, -0.15) is 5.10 Å². The van der Waals surface area contributed by atoms with Crippen molar-refractivity contribution >= 4 is 17.5 Å². The Labute approximate surface area is 146 Å². The molecule has 128 valence electrons. The summed E-state index contributed by atoms with van der Waals surface area (Å²) in [5.41, 5.74) is 2.18. The Kier molecular flexibility index (Phi) is 4.92. The minimum absolute atomic E-state index is 0.0529. The molecular formula is C18H22ClN3O2. The van der Waals surface area contributed by atoms with Crippen molar-refractivity contribution in [3.63, 3.8) is 0 Å². The third-order valence-electron chi connectivity index (χ3n) is 4.67. The molecule has 1 aromatic heterocycles. The molecule has 1 saturated heterocycles. The highest BCUT2D eigenvalue weighted by Crippen LogP contribution is 2.22. The Morgan fingerprint density at radius 1 is 1.33 bits per heavy atom. The zero-order chi connectivity index (χ0) is 17.3. The van der Waals surface area contributed by atoms with Crippen molar-refractivity contribution in [2.75, 3.05) is 13.1 Å². The molecule has 1 atom stereocenters. The first-order chi connectivity index (χ1) is 11.5. The van der Waals surface area contributed by atoms with Gasteiger partial charge < -0.3 is 10.0 Å². The van der Waals surface area contributed by atoms with Crippen molar-refractivity contribution in [1.82, 2.24) is 14.7 Å². The van der Waals surface area contributed by atoms with Crippen molar-refractivity contribution < 1.29 is 9.90 Å². The van der Waals surface area contributed by atoms with Crippen LogP contribution in [0, 0.1) is 12.8 Å². The van der Waals surface area contributed by atoms with E-state index in [-0.39, 0.29) is 17.9 Å². The number of amides is 1. The van der Waals surface area contributed by atoms with E-state index in [1.54, 1.807) is 4.68 Å². The molecule has 1 aliphatic rings. The number of aliphatic hydroxyl groups is 1. The van der Waals surface area contributed by atoms with Crippen LogP contribution in [0.5, 0.6) is 0 Å². The monoisotopic (exact) mass is 347 g/mol. The van der Waals surface area contributed by atoms with Crippen molar-refractivity contribution in [3.05, 3.63) is 46.7 Å². The number of likely N-dealkylation sites (tertiary alicyclic amines) is 1. The number of nitrogens with zero attached hydrogens (tertiary/aromatic N) is 3. The average molecular weight is 348 g/mol. The summed E-state index contributed by atoms with van der Waals surface area (Å²) < 4.78 is 1.74. The van der Waals surface area contributed by atoms with Crippen molar-refractivity contribution in [1.29, 1.82) is 0 Å². The van der Waals surface area contributed by atoms with Crippen LogP contribution in [0.2, 0.25) is 5.02 Å². The maximum atomic E-state index is 12.7. The Hall–Kier alpha value is -1.85. The molecule has 0 spiro atoms. The largest absolute Gasteiger partial charge is 0.393 e. The summed E-state index contributed by atoms with van der Waals surface area (Å²) in [6.45, 7) is 5.07. The number of halogens is 1. The lowest BCUT2D eigenvalue weighted by atomic mass is 9.92. The second-order valence-electron chi connectivity index (χ2n) is 6.43. The van der Waals surface area contributed by atoms with Crippen LogP contribution in [0.1, 0.15) is 35.9 Å². The van der Waals surface area contributed by atoms with Crippen LogP contribution in [0.4, 0.5) is 0 Å².